The minimum absolute atomic E-state index is 0.0416. The topological polar surface area (TPSA) is 70.6 Å². The number of carbonyl (C=O) groups is 2. The van der Waals surface area contributed by atoms with Crippen LogP contribution >= 0.6 is 0 Å². The van der Waals surface area contributed by atoms with Crippen LogP contribution in [0.15, 0.2) is 29.4 Å². The third kappa shape index (κ3) is 3.53. The van der Waals surface area contributed by atoms with Crippen LogP contribution < -0.4 is 10.7 Å². The monoisotopic (exact) mass is 299 g/mol. The highest BCUT2D eigenvalue weighted by molar-refractivity contribution is 6.04. The zero-order valence-electron chi connectivity index (χ0n) is 12.6. The van der Waals surface area contributed by atoms with E-state index in [-0.39, 0.29) is 17.7 Å². The summed E-state index contributed by atoms with van der Waals surface area (Å²) >= 11 is 0. The predicted molar refractivity (Wildman–Crippen MR) is 85.6 cm³/mol. The maximum Gasteiger partial charge on any atom is 0.240 e. The summed E-state index contributed by atoms with van der Waals surface area (Å²) in [5, 5.41) is 7.07. The van der Waals surface area contributed by atoms with Crippen LogP contribution in [0, 0.1) is 5.92 Å². The average Bonchev–Trinajstić information content (AvgIpc) is 2.57. The van der Waals surface area contributed by atoms with Crippen LogP contribution in [0.25, 0.3) is 0 Å². The van der Waals surface area contributed by atoms with Crippen molar-refractivity contribution in [3.8, 4) is 0 Å². The van der Waals surface area contributed by atoms with Gasteiger partial charge in [-0.3, -0.25) is 9.59 Å². The van der Waals surface area contributed by atoms with E-state index < -0.39 is 0 Å². The molecule has 22 heavy (non-hydrogen) atoms. The van der Waals surface area contributed by atoms with Crippen LogP contribution in [0.5, 0.6) is 0 Å². The number of benzene rings is 1. The first-order chi connectivity index (χ1) is 10.7. The van der Waals surface area contributed by atoms with Gasteiger partial charge in [0.15, 0.2) is 0 Å². The number of hydrogen-bond acceptors (Lipinski definition) is 3. The molecule has 0 atom stereocenters. The van der Waals surface area contributed by atoms with Crippen LogP contribution in [0.4, 0.5) is 5.69 Å². The van der Waals surface area contributed by atoms with E-state index in [0.29, 0.717) is 12.8 Å². The normalized spacial score (nSPS) is 19.3. The van der Waals surface area contributed by atoms with Gasteiger partial charge in [0.25, 0.3) is 0 Å². The number of carbonyl (C=O) groups excluding carboxylic acids is 2. The molecular formula is C17H21N3O2. The first kappa shape index (κ1) is 14.8. The quantitative estimate of drug-likeness (QED) is 0.901. The van der Waals surface area contributed by atoms with E-state index in [9.17, 15) is 9.59 Å². The Morgan fingerprint density at radius 3 is 2.45 bits per heavy atom. The molecule has 0 bridgehead atoms. The third-order valence-corrected chi connectivity index (χ3v) is 4.37. The van der Waals surface area contributed by atoms with Crippen molar-refractivity contribution >= 4 is 23.2 Å². The highest BCUT2D eigenvalue weighted by atomic mass is 16.2. The lowest BCUT2D eigenvalue weighted by Crippen LogP contribution is -2.26. The van der Waals surface area contributed by atoms with E-state index in [1.807, 2.05) is 24.3 Å². The number of amides is 2. The number of hydrogen-bond donors (Lipinski definition) is 2. The molecule has 0 aromatic heterocycles. The van der Waals surface area contributed by atoms with Crippen LogP contribution in [0.1, 0.15) is 50.5 Å². The van der Waals surface area contributed by atoms with Crippen molar-refractivity contribution in [2.45, 2.75) is 44.9 Å². The van der Waals surface area contributed by atoms with E-state index in [0.717, 1.165) is 42.6 Å². The van der Waals surface area contributed by atoms with E-state index >= 15 is 0 Å². The van der Waals surface area contributed by atoms with Gasteiger partial charge >= 0.3 is 0 Å². The first-order valence-electron chi connectivity index (χ1n) is 7.99. The summed E-state index contributed by atoms with van der Waals surface area (Å²) in [7, 11) is 0. The fourth-order valence-corrected chi connectivity index (χ4v) is 3.04. The predicted octanol–water partition coefficient (Wildman–Crippen LogP) is 2.82. The molecule has 1 saturated carbocycles. The maximum absolute atomic E-state index is 12.2. The van der Waals surface area contributed by atoms with Crippen molar-refractivity contribution < 1.29 is 9.59 Å². The Balaban J connectivity index is 1.61. The van der Waals surface area contributed by atoms with Crippen molar-refractivity contribution in [2.75, 3.05) is 5.32 Å². The molecule has 1 aliphatic carbocycles. The molecule has 2 N–H and O–H groups in total. The van der Waals surface area contributed by atoms with Gasteiger partial charge in [0, 0.05) is 24.4 Å². The van der Waals surface area contributed by atoms with E-state index in [4.69, 9.17) is 0 Å². The second-order valence-electron chi connectivity index (χ2n) is 6.00. The van der Waals surface area contributed by atoms with Crippen molar-refractivity contribution in [3.63, 3.8) is 0 Å². The molecule has 0 radical (unpaired) electrons. The summed E-state index contributed by atoms with van der Waals surface area (Å²) in [5.41, 5.74) is 5.18. The zero-order valence-corrected chi connectivity index (χ0v) is 12.6. The number of rotatable bonds is 3. The Labute approximate surface area is 130 Å². The minimum Gasteiger partial charge on any atom is -0.326 e. The molecule has 5 heteroatoms. The Kier molecular flexibility index (Phi) is 4.51. The van der Waals surface area contributed by atoms with E-state index in [1.165, 1.54) is 6.42 Å². The van der Waals surface area contributed by atoms with Crippen LogP contribution in [0.2, 0.25) is 0 Å². The second-order valence-corrected chi connectivity index (χ2v) is 6.00. The average molecular weight is 299 g/mol. The Hall–Kier alpha value is -2.17. The number of hydrazone groups is 1. The molecule has 1 aromatic rings. The molecule has 0 spiro atoms. The summed E-state index contributed by atoms with van der Waals surface area (Å²) in [6.07, 6.45) is 6.68. The number of nitrogens with zero attached hydrogens (tertiary/aromatic N) is 1. The lowest BCUT2D eigenvalue weighted by atomic mass is 9.88. The molecule has 1 heterocycles. The van der Waals surface area contributed by atoms with Gasteiger partial charge in [-0.25, -0.2) is 5.43 Å². The van der Waals surface area contributed by atoms with Gasteiger partial charge in [-0.1, -0.05) is 31.4 Å². The summed E-state index contributed by atoms with van der Waals surface area (Å²) in [4.78, 5) is 23.3. The molecule has 3 rings (SSSR count). The van der Waals surface area contributed by atoms with Gasteiger partial charge < -0.3 is 5.32 Å². The highest BCUT2D eigenvalue weighted by Crippen LogP contribution is 2.25. The van der Waals surface area contributed by atoms with Gasteiger partial charge in [0.2, 0.25) is 11.8 Å². The SMILES string of the molecule is O=C1CCC(c2ccc(NC(=O)C3CCCCC3)cc2)=NN1. The van der Waals surface area contributed by atoms with Crippen LogP contribution in [-0.4, -0.2) is 17.5 Å². The Morgan fingerprint density at radius 1 is 1.09 bits per heavy atom. The Morgan fingerprint density at radius 2 is 1.82 bits per heavy atom. The molecule has 116 valence electrons. The van der Waals surface area contributed by atoms with Crippen molar-refractivity contribution in [1.82, 2.24) is 5.43 Å². The third-order valence-electron chi connectivity index (χ3n) is 4.37. The fourth-order valence-electron chi connectivity index (χ4n) is 3.04. The van der Waals surface area contributed by atoms with Crippen LogP contribution in [-0.2, 0) is 9.59 Å². The van der Waals surface area contributed by atoms with Gasteiger partial charge in [-0.2, -0.15) is 5.10 Å². The molecule has 1 aromatic carbocycles. The fraction of sp³-hybridized carbons (Fsp3) is 0.471. The lowest BCUT2D eigenvalue weighted by molar-refractivity contribution is -0.121. The molecule has 1 fully saturated rings. The van der Waals surface area contributed by atoms with Crippen LogP contribution in [0.3, 0.4) is 0 Å². The van der Waals surface area contributed by atoms with Gasteiger partial charge in [-0.15, -0.1) is 0 Å². The first-order valence-corrected chi connectivity index (χ1v) is 7.99. The van der Waals surface area contributed by atoms with Gasteiger partial charge in [0.1, 0.15) is 0 Å². The number of nitrogens with one attached hydrogen (secondary N) is 2. The largest absolute Gasteiger partial charge is 0.326 e. The summed E-state index contributed by atoms with van der Waals surface area (Å²) in [6, 6.07) is 7.67. The summed E-state index contributed by atoms with van der Waals surface area (Å²) < 4.78 is 0. The molecular weight excluding hydrogens is 278 g/mol. The smallest absolute Gasteiger partial charge is 0.240 e. The molecule has 1 aliphatic heterocycles. The summed E-state index contributed by atoms with van der Waals surface area (Å²) in [5.74, 6) is 0.251. The highest BCUT2D eigenvalue weighted by Gasteiger charge is 2.21. The zero-order chi connectivity index (χ0) is 15.4. The molecule has 2 amide bonds. The standard InChI is InChI=1S/C17H21N3O2/c21-16-11-10-15(19-20-16)12-6-8-14(9-7-12)18-17(22)13-4-2-1-3-5-13/h6-9,13H,1-5,10-11H2,(H,18,22)(H,20,21). The molecule has 0 unspecified atom stereocenters. The van der Waals surface area contributed by atoms with Crippen molar-refractivity contribution in [1.29, 1.82) is 0 Å². The minimum atomic E-state index is -0.0416. The van der Waals surface area contributed by atoms with E-state index in [2.05, 4.69) is 15.8 Å². The van der Waals surface area contributed by atoms with Gasteiger partial charge in [0.05, 0.1) is 5.71 Å². The molecule has 0 saturated heterocycles. The second kappa shape index (κ2) is 6.73. The maximum atomic E-state index is 12.2. The lowest BCUT2D eigenvalue weighted by Gasteiger charge is -2.20. The van der Waals surface area contributed by atoms with E-state index in [1.54, 1.807) is 0 Å². The van der Waals surface area contributed by atoms with Crippen molar-refractivity contribution in [2.24, 2.45) is 11.0 Å². The molecule has 2 aliphatic rings. The Bertz CT molecular complexity index is 586. The summed E-state index contributed by atoms with van der Waals surface area (Å²) in [6.45, 7) is 0. The van der Waals surface area contributed by atoms with Gasteiger partial charge in [-0.05, 0) is 30.5 Å². The number of anilines is 1. The molecule has 5 nitrogen and oxygen atoms in total. The van der Waals surface area contributed by atoms with Crippen molar-refractivity contribution in [3.05, 3.63) is 29.8 Å².